The number of benzene rings is 3. The second-order valence-corrected chi connectivity index (χ2v) is 12.3. The third-order valence-corrected chi connectivity index (χ3v) is 9.08. The van der Waals surface area contributed by atoms with Crippen LogP contribution >= 0.6 is 11.8 Å². The van der Waals surface area contributed by atoms with E-state index in [0.29, 0.717) is 22.2 Å². The number of aliphatic hydroxyl groups is 1. The highest BCUT2D eigenvalue weighted by atomic mass is 32.2. The molecule has 2 aliphatic heterocycles. The maximum atomic E-state index is 13.2. The van der Waals surface area contributed by atoms with E-state index in [1.54, 1.807) is 42.7 Å². The fourth-order valence-electron chi connectivity index (χ4n) is 5.53. The number of amides is 3. The van der Waals surface area contributed by atoms with Crippen LogP contribution in [0.1, 0.15) is 48.0 Å². The minimum atomic E-state index is -1.03. The predicted molar refractivity (Wildman–Crippen MR) is 173 cm³/mol. The Bertz CT molecular complexity index is 1680. The largest absolute Gasteiger partial charge is 0.445 e. The van der Waals surface area contributed by atoms with Gasteiger partial charge in [0.2, 0.25) is 5.91 Å². The molecule has 12 heteroatoms. The lowest BCUT2D eigenvalue weighted by Crippen LogP contribution is -2.42. The molecule has 0 bridgehead atoms. The quantitative estimate of drug-likeness (QED) is 0.135. The monoisotopic (exact) mass is 654 g/mol. The van der Waals surface area contributed by atoms with Gasteiger partial charge in [-0.25, -0.2) is 19.7 Å². The summed E-state index contributed by atoms with van der Waals surface area (Å²) in [5.41, 5.74) is 3.65. The standard InChI is InChI=1S/C35H34N4O7S/c1-22-29(21-47-34-36-16-5-17-37-34)45-33(46-31(22)25-10-8-23(19-40)9-11-25)26-12-14-27(15-13-26)39-30(41)18-28(32(39)42)38-35(43)44-20-24-6-3-2-4-7-24/h2-17,22,28-29,31,33,40H,18-21H2,1H3,(H,38,43)/t22-,28?,29+,31+,33+/m0/s1. The van der Waals surface area contributed by atoms with Gasteiger partial charge in [-0.1, -0.05) is 85.4 Å². The Morgan fingerprint density at radius 3 is 2.34 bits per heavy atom. The molecule has 2 aliphatic rings. The Kier molecular flexibility index (Phi) is 10.2. The van der Waals surface area contributed by atoms with Crippen molar-refractivity contribution >= 4 is 35.4 Å². The lowest BCUT2D eigenvalue weighted by Gasteiger charge is -2.41. The maximum absolute atomic E-state index is 13.2. The van der Waals surface area contributed by atoms with Crippen LogP contribution in [0.2, 0.25) is 0 Å². The third-order valence-electron chi connectivity index (χ3n) is 8.12. The zero-order valence-corrected chi connectivity index (χ0v) is 26.4. The van der Waals surface area contributed by atoms with Crippen LogP contribution < -0.4 is 10.2 Å². The number of hydrogen-bond acceptors (Lipinski definition) is 10. The molecule has 242 valence electrons. The first-order chi connectivity index (χ1) is 22.9. The van der Waals surface area contributed by atoms with Crippen molar-refractivity contribution in [2.24, 2.45) is 5.92 Å². The van der Waals surface area contributed by atoms with Crippen molar-refractivity contribution in [1.82, 2.24) is 15.3 Å². The van der Waals surface area contributed by atoms with E-state index in [0.717, 1.165) is 21.6 Å². The van der Waals surface area contributed by atoms with Crippen molar-refractivity contribution < 1.29 is 33.7 Å². The Morgan fingerprint density at radius 1 is 0.936 bits per heavy atom. The van der Waals surface area contributed by atoms with Crippen LogP contribution in [0.15, 0.2) is 102 Å². The maximum Gasteiger partial charge on any atom is 0.408 e. The van der Waals surface area contributed by atoms with Gasteiger partial charge in [-0.3, -0.25) is 9.59 Å². The Balaban J connectivity index is 1.14. The molecule has 0 saturated carbocycles. The summed E-state index contributed by atoms with van der Waals surface area (Å²) in [4.78, 5) is 48.1. The van der Waals surface area contributed by atoms with Crippen molar-refractivity contribution in [2.75, 3.05) is 10.7 Å². The lowest BCUT2D eigenvalue weighted by molar-refractivity contribution is -0.268. The van der Waals surface area contributed by atoms with Crippen LogP contribution in [0, 0.1) is 5.92 Å². The number of hydrogen-bond donors (Lipinski definition) is 2. The molecule has 0 radical (unpaired) electrons. The number of rotatable bonds is 10. The fraction of sp³-hybridized carbons (Fsp3) is 0.286. The number of carbonyl (C=O) groups is 3. The second kappa shape index (κ2) is 14.9. The van der Waals surface area contributed by atoms with E-state index < -0.39 is 30.2 Å². The summed E-state index contributed by atoms with van der Waals surface area (Å²) in [6, 6.07) is 24.4. The van der Waals surface area contributed by atoms with E-state index in [1.165, 1.54) is 11.8 Å². The first-order valence-electron chi connectivity index (χ1n) is 15.2. The van der Waals surface area contributed by atoms with Gasteiger partial charge in [0.25, 0.3) is 5.91 Å². The van der Waals surface area contributed by atoms with E-state index >= 15 is 0 Å². The number of nitrogens with one attached hydrogen (secondary N) is 1. The number of alkyl carbamates (subject to hydrolysis) is 1. The Labute approximate surface area is 276 Å². The van der Waals surface area contributed by atoms with Crippen molar-refractivity contribution in [3.05, 3.63) is 120 Å². The minimum Gasteiger partial charge on any atom is -0.445 e. The summed E-state index contributed by atoms with van der Waals surface area (Å²) in [7, 11) is 0. The van der Waals surface area contributed by atoms with Gasteiger partial charge in [0.05, 0.1) is 30.9 Å². The van der Waals surface area contributed by atoms with E-state index in [1.807, 2.05) is 54.6 Å². The molecule has 6 rings (SSSR count). The van der Waals surface area contributed by atoms with Gasteiger partial charge in [-0.05, 0) is 34.9 Å². The molecule has 5 atom stereocenters. The Morgan fingerprint density at radius 2 is 1.64 bits per heavy atom. The average Bonchev–Trinajstić information content (AvgIpc) is 3.39. The average molecular weight is 655 g/mol. The zero-order valence-electron chi connectivity index (χ0n) is 25.6. The molecule has 3 heterocycles. The molecule has 1 unspecified atom stereocenters. The number of aromatic nitrogens is 2. The fourth-order valence-corrected chi connectivity index (χ4v) is 6.50. The van der Waals surface area contributed by atoms with Crippen molar-refractivity contribution in [3.63, 3.8) is 0 Å². The van der Waals surface area contributed by atoms with Gasteiger partial charge in [0.15, 0.2) is 11.4 Å². The van der Waals surface area contributed by atoms with Gasteiger partial charge in [-0.15, -0.1) is 0 Å². The lowest BCUT2D eigenvalue weighted by atomic mass is 9.91. The number of aliphatic hydroxyl groups excluding tert-OH is 1. The van der Waals surface area contributed by atoms with Gasteiger partial charge in [-0.2, -0.15) is 0 Å². The predicted octanol–water partition coefficient (Wildman–Crippen LogP) is 5.11. The molecular weight excluding hydrogens is 620 g/mol. The topological polar surface area (TPSA) is 140 Å². The molecule has 3 aromatic carbocycles. The van der Waals surface area contributed by atoms with Crippen molar-refractivity contribution in [2.45, 2.75) is 56.3 Å². The second-order valence-electron chi connectivity index (χ2n) is 11.3. The highest BCUT2D eigenvalue weighted by Crippen LogP contribution is 2.43. The molecule has 0 spiro atoms. The van der Waals surface area contributed by atoms with Crippen LogP contribution in [0.4, 0.5) is 10.5 Å². The minimum absolute atomic E-state index is 0.0228. The van der Waals surface area contributed by atoms with Gasteiger partial charge in [0.1, 0.15) is 12.6 Å². The van der Waals surface area contributed by atoms with E-state index in [2.05, 4.69) is 22.2 Å². The molecule has 47 heavy (non-hydrogen) atoms. The zero-order chi connectivity index (χ0) is 32.8. The van der Waals surface area contributed by atoms with Gasteiger partial charge >= 0.3 is 6.09 Å². The molecule has 11 nitrogen and oxygen atoms in total. The van der Waals surface area contributed by atoms with E-state index in [-0.39, 0.29) is 37.8 Å². The van der Waals surface area contributed by atoms with Crippen LogP contribution in [0.3, 0.4) is 0 Å². The van der Waals surface area contributed by atoms with Crippen molar-refractivity contribution in [1.29, 1.82) is 0 Å². The molecule has 0 aliphatic carbocycles. The third kappa shape index (κ3) is 7.68. The summed E-state index contributed by atoms with van der Waals surface area (Å²) < 4.78 is 18.2. The summed E-state index contributed by atoms with van der Waals surface area (Å²) in [6.07, 6.45) is 1.19. The number of ether oxygens (including phenoxy) is 3. The smallest absolute Gasteiger partial charge is 0.408 e. The molecule has 4 aromatic rings. The number of carbonyl (C=O) groups excluding carboxylic acids is 3. The van der Waals surface area contributed by atoms with E-state index in [4.69, 9.17) is 14.2 Å². The summed E-state index contributed by atoms with van der Waals surface area (Å²) in [5.74, 6) is -0.398. The van der Waals surface area contributed by atoms with Gasteiger partial charge < -0.3 is 24.6 Å². The van der Waals surface area contributed by atoms with Crippen LogP contribution in [0.5, 0.6) is 0 Å². The normalized spacial score (nSPS) is 22.7. The molecule has 2 saturated heterocycles. The number of anilines is 1. The molecule has 2 fully saturated rings. The Hall–Kier alpha value is -4.62. The first kappa shape index (κ1) is 32.3. The number of thioether (sulfide) groups is 1. The van der Waals surface area contributed by atoms with Crippen LogP contribution in [0.25, 0.3) is 0 Å². The molecule has 1 aromatic heterocycles. The summed E-state index contributed by atoms with van der Waals surface area (Å²) in [6.45, 7) is 2.08. The van der Waals surface area contributed by atoms with Crippen molar-refractivity contribution in [3.8, 4) is 0 Å². The molecule has 2 N–H and O–H groups in total. The summed E-state index contributed by atoms with van der Waals surface area (Å²) >= 11 is 1.50. The first-order valence-corrected chi connectivity index (χ1v) is 16.2. The highest BCUT2D eigenvalue weighted by molar-refractivity contribution is 7.99. The number of imide groups is 1. The number of nitrogens with zero attached hydrogens (tertiary/aromatic N) is 3. The molecular formula is C35H34N4O7S. The SMILES string of the molecule is C[C@H]1[C@@H](CSc2ncccn2)O[C@@H](c2ccc(N3C(=O)CC(NC(=O)OCc4ccccc4)C3=O)cc2)O[C@H]1c1ccc(CO)cc1. The highest BCUT2D eigenvalue weighted by Gasteiger charge is 2.42. The van der Waals surface area contributed by atoms with Crippen LogP contribution in [-0.2, 0) is 37.0 Å². The van der Waals surface area contributed by atoms with E-state index in [9.17, 15) is 19.5 Å². The summed E-state index contributed by atoms with van der Waals surface area (Å²) in [5, 5.41) is 12.7. The molecule has 3 amide bonds. The van der Waals surface area contributed by atoms with Gasteiger partial charge in [0, 0.05) is 29.6 Å². The van der Waals surface area contributed by atoms with Crippen LogP contribution in [-0.4, -0.2) is 50.9 Å².